The third-order valence-corrected chi connectivity index (χ3v) is 3.28. The van der Waals surface area contributed by atoms with Crippen LogP contribution in [0.3, 0.4) is 0 Å². The van der Waals surface area contributed by atoms with Gasteiger partial charge in [-0.3, -0.25) is 9.89 Å². The van der Waals surface area contributed by atoms with Crippen molar-refractivity contribution in [3.63, 3.8) is 0 Å². The van der Waals surface area contributed by atoms with Crippen molar-refractivity contribution in [1.82, 2.24) is 9.78 Å². The van der Waals surface area contributed by atoms with Gasteiger partial charge >= 0.3 is 0 Å². The molecule has 0 aliphatic carbocycles. The van der Waals surface area contributed by atoms with E-state index in [1.807, 2.05) is 0 Å². The van der Waals surface area contributed by atoms with E-state index in [4.69, 9.17) is 16.3 Å². The van der Waals surface area contributed by atoms with Gasteiger partial charge in [-0.2, -0.15) is 0 Å². The monoisotopic (exact) mass is 268 g/mol. The first kappa shape index (κ1) is 11.5. The summed E-state index contributed by atoms with van der Waals surface area (Å²) in [7, 11) is 0. The van der Waals surface area contributed by atoms with Crippen LogP contribution < -0.4 is 5.56 Å². The number of H-pyrrole nitrogens is 1. The Balaban J connectivity index is 2.14. The third kappa shape index (κ3) is 1.76. The Morgan fingerprint density at radius 1 is 1.44 bits per heavy atom. The molecule has 0 fully saturated rings. The molecular formula is C12H10ClFN2O2. The minimum absolute atomic E-state index is 0.0338. The van der Waals surface area contributed by atoms with E-state index in [0.29, 0.717) is 30.9 Å². The molecule has 0 saturated carbocycles. The second-order valence-corrected chi connectivity index (χ2v) is 4.52. The first-order valence-corrected chi connectivity index (χ1v) is 5.90. The predicted molar refractivity (Wildman–Crippen MR) is 64.7 cm³/mol. The summed E-state index contributed by atoms with van der Waals surface area (Å²) in [5.74, 6) is -0.551. The molecule has 1 N–H and O–H groups in total. The number of aromatic nitrogens is 2. The van der Waals surface area contributed by atoms with Crippen molar-refractivity contribution in [2.75, 3.05) is 6.61 Å². The highest BCUT2D eigenvalue weighted by molar-refractivity contribution is 6.30. The minimum Gasteiger partial charge on any atom is -0.376 e. The van der Waals surface area contributed by atoms with Gasteiger partial charge in [0.05, 0.1) is 29.5 Å². The number of hydrogen-bond acceptors (Lipinski definition) is 2. The molecule has 4 nitrogen and oxygen atoms in total. The molecule has 1 aromatic carbocycles. The predicted octanol–water partition coefficient (Wildman–Crippen LogP) is 2.03. The maximum absolute atomic E-state index is 13.4. The first-order chi connectivity index (χ1) is 8.66. The van der Waals surface area contributed by atoms with Gasteiger partial charge in [-0.15, -0.1) is 0 Å². The maximum Gasteiger partial charge on any atom is 0.277 e. The number of ether oxygens (including phenoxy) is 1. The molecule has 0 amide bonds. The number of halogens is 2. The van der Waals surface area contributed by atoms with E-state index < -0.39 is 5.82 Å². The Morgan fingerprint density at radius 2 is 2.28 bits per heavy atom. The Morgan fingerprint density at radius 3 is 3.00 bits per heavy atom. The number of benzene rings is 1. The van der Waals surface area contributed by atoms with Crippen LogP contribution >= 0.6 is 11.6 Å². The molecule has 94 valence electrons. The molecule has 2 aromatic rings. The highest BCUT2D eigenvalue weighted by Gasteiger charge is 2.19. The van der Waals surface area contributed by atoms with Crippen LogP contribution in [0.15, 0.2) is 23.0 Å². The number of nitrogens with one attached hydrogen (secondary N) is 1. The van der Waals surface area contributed by atoms with E-state index in [0.717, 1.165) is 5.69 Å². The molecule has 1 aromatic heterocycles. The number of aromatic amines is 1. The fourth-order valence-corrected chi connectivity index (χ4v) is 2.14. The van der Waals surface area contributed by atoms with Crippen LogP contribution in [0.2, 0.25) is 5.02 Å². The van der Waals surface area contributed by atoms with Gasteiger partial charge in [0.25, 0.3) is 5.56 Å². The van der Waals surface area contributed by atoms with E-state index in [1.165, 1.54) is 16.8 Å². The third-order valence-electron chi connectivity index (χ3n) is 2.98. The number of nitrogens with zero attached hydrogens (tertiary/aromatic N) is 1. The Labute approximate surface area is 107 Å². The van der Waals surface area contributed by atoms with Crippen molar-refractivity contribution in [2.24, 2.45) is 0 Å². The Kier molecular flexibility index (Phi) is 2.72. The standard InChI is InChI=1S/C12H10ClFN2O2/c13-9-2-1-7(5-10(9)14)16-12(17)8-6-18-4-3-11(8)15-16/h1-2,5,15H,3-4,6H2. The smallest absolute Gasteiger partial charge is 0.277 e. The lowest BCUT2D eigenvalue weighted by atomic mass is 10.2. The van der Waals surface area contributed by atoms with E-state index in [9.17, 15) is 9.18 Å². The summed E-state index contributed by atoms with van der Waals surface area (Å²) in [5.41, 5.74) is 1.68. The van der Waals surface area contributed by atoms with Crippen molar-refractivity contribution in [2.45, 2.75) is 13.0 Å². The van der Waals surface area contributed by atoms with Crippen molar-refractivity contribution in [3.05, 3.63) is 50.7 Å². The van der Waals surface area contributed by atoms with E-state index in [1.54, 1.807) is 6.07 Å². The van der Waals surface area contributed by atoms with E-state index in [-0.39, 0.29) is 10.6 Å². The average Bonchev–Trinajstić information content (AvgIpc) is 2.71. The molecule has 0 saturated heterocycles. The molecule has 1 aliphatic heterocycles. The molecule has 3 rings (SSSR count). The quantitative estimate of drug-likeness (QED) is 0.860. The summed E-state index contributed by atoms with van der Waals surface area (Å²) in [6.45, 7) is 0.885. The van der Waals surface area contributed by atoms with Crippen LogP contribution in [0.4, 0.5) is 4.39 Å². The van der Waals surface area contributed by atoms with Gasteiger partial charge < -0.3 is 4.74 Å². The summed E-state index contributed by atoms with van der Waals surface area (Å²) >= 11 is 5.62. The first-order valence-electron chi connectivity index (χ1n) is 5.53. The number of hydrogen-bond donors (Lipinski definition) is 1. The molecule has 0 atom stereocenters. The van der Waals surface area contributed by atoms with Crippen LogP contribution in [0, 0.1) is 5.82 Å². The van der Waals surface area contributed by atoms with Crippen molar-refractivity contribution >= 4 is 11.6 Å². The molecule has 1 aliphatic rings. The van der Waals surface area contributed by atoms with Gasteiger partial charge in [-0.25, -0.2) is 9.07 Å². The fourth-order valence-electron chi connectivity index (χ4n) is 2.03. The molecule has 6 heteroatoms. The van der Waals surface area contributed by atoms with Crippen molar-refractivity contribution < 1.29 is 9.13 Å². The van der Waals surface area contributed by atoms with Crippen LogP contribution in [-0.2, 0) is 17.8 Å². The van der Waals surface area contributed by atoms with E-state index in [2.05, 4.69) is 5.10 Å². The molecule has 2 heterocycles. The molecule has 0 radical (unpaired) electrons. The van der Waals surface area contributed by atoms with Gasteiger partial charge in [0, 0.05) is 18.2 Å². The van der Waals surface area contributed by atoms with E-state index >= 15 is 0 Å². The van der Waals surface area contributed by atoms with Crippen LogP contribution in [0.1, 0.15) is 11.3 Å². The number of rotatable bonds is 1. The number of fused-ring (bicyclic) bond motifs is 1. The summed E-state index contributed by atoms with van der Waals surface area (Å²) in [4.78, 5) is 12.1. The lowest BCUT2D eigenvalue weighted by Crippen LogP contribution is -2.19. The largest absolute Gasteiger partial charge is 0.376 e. The van der Waals surface area contributed by atoms with Gasteiger partial charge in [0.15, 0.2) is 0 Å². The summed E-state index contributed by atoms with van der Waals surface area (Å²) in [6.07, 6.45) is 0.660. The lowest BCUT2D eigenvalue weighted by Gasteiger charge is -2.08. The minimum atomic E-state index is -0.551. The highest BCUT2D eigenvalue weighted by atomic mass is 35.5. The molecule has 0 spiro atoms. The van der Waals surface area contributed by atoms with Gasteiger partial charge in [-0.05, 0) is 12.1 Å². The van der Waals surface area contributed by atoms with Crippen LogP contribution in [0.5, 0.6) is 0 Å². The lowest BCUT2D eigenvalue weighted by molar-refractivity contribution is 0.109. The molecule has 0 bridgehead atoms. The Bertz CT molecular complexity index is 663. The summed E-state index contributed by atoms with van der Waals surface area (Å²) in [6, 6.07) is 4.25. The van der Waals surface area contributed by atoms with Gasteiger partial charge in [-0.1, -0.05) is 11.6 Å². The van der Waals surface area contributed by atoms with Crippen LogP contribution in [-0.4, -0.2) is 16.4 Å². The average molecular weight is 269 g/mol. The summed E-state index contributed by atoms with van der Waals surface area (Å²) in [5, 5.41) is 3.01. The van der Waals surface area contributed by atoms with Crippen molar-refractivity contribution in [1.29, 1.82) is 0 Å². The second kappa shape index (κ2) is 4.26. The normalized spacial score (nSPS) is 14.6. The second-order valence-electron chi connectivity index (χ2n) is 4.11. The topological polar surface area (TPSA) is 47.0 Å². The zero-order chi connectivity index (χ0) is 12.7. The molecule has 18 heavy (non-hydrogen) atoms. The molecular weight excluding hydrogens is 259 g/mol. The van der Waals surface area contributed by atoms with Crippen LogP contribution in [0.25, 0.3) is 5.69 Å². The zero-order valence-electron chi connectivity index (χ0n) is 9.37. The van der Waals surface area contributed by atoms with Crippen molar-refractivity contribution in [3.8, 4) is 5.69 Å². The van der Waals surface area contributed by atoms with Gasteiger partial charge in [0.1, 0.15) is 5.82 Å². The van der Waals surface area contributed by atoms with Gasteiger partial charge in [0.2, 0.25) is 0 Å². The maximum atomic E-state index is 13.4. The summed E-state index contributed by atoms with van der Waals surface area (Å²) < 4.78 is 20.0. The fraction of sp³-hybridized carbons (Fsp3) is 0.250. The highest BCUT2D eigenvalue weighted by Crippen LogP contribution is 2.18. The zero-order valence-corrected chi connectivity index (χ0v) is 10.1. The molecule has 0 unspecified atom stereocenters. The Hall–Kier alpha value is -1.59. The SMILES string of the molecule is O=c1c2c([nH]n1-c1ccc(Cl)c(F)c1)CCOC2.